The number of rotatable bonds is 4. The molecule has 2 aliphatic rings. The van der Waals surface area contributed by atoms with Gasteiger partial charge in [-0.1, -0.05) is 11.2 Å². The second-order valence-corrected chi connectivity index (χ2v) is 10.3. The van der Waals surface area contributed by atoms with Gasteiger partial charge in [-0.15, -0.1) is 0 Å². The van der Waals surface area contributed by atoms with Gasteiger partial charge in [-0.25, -0.2) is 44.3 Å². The van der Waals surface area contributed by atoms with Crippen molar-refractivity contribution in [2.75, 3.05) is 24.2 Å². The normalized spacial score (nSPS) is 21.9. The lowest BCUT2D eigenvalue weighted by atomic mass is 9.98. The third kappa shape index (κ3) is 3.68. The van der Waals surface area contributed by atoms with Gasteiger partial charge in [0.15, 0.2) is 23.0 Å². The van der Waals surface area contributed by atoms with Gasteiger partial charge in [0, 0.05) is 24.7 Å². The standard InChI is InChI=1S/C21H16F6N4O4S/c1-36(33,34)29-13-8-31-14(21(13,26)27)5-6-30(20(31)32)19-16-12(35-28-19)7-11(24)18(25)17(16)15-9(22)3-2-4-10(15)23/h2-4,7,13-14,29H,5-6,8H2,1H3/t13-,14-/m1/s1. The first-order valence-corrected chi connectivity index (χ1v) is 12.4. The Hall–Kier alpha value is -3.33. The number of sulfonamides is 1. The Balaban J connectivity index is 1.62. The number of benzene rings is 2. The summed E-state index contributed by atoms with van der Waals surface area (Å²) in [6.07, 6.45) is 0.342. The molecule has 0 radical (unpaired) electrons. The Bertz CT molecular complexity index is 1490. The SMILES string of the molecule is CS(=O)(=O)N[C@@H]1CN2C(=O)N(c3noc4cc(F)c(F)c(-c5c(F)cccc5F)c34)CC[C@@H]2C1(F)F. The predicted octanol–water partition coefficient (Wildman–Crippen LogP) is 3.62. The predicted molar refractivity (Wildman–Crippen MR) is 114 cm³/mol. The lowest BCUT2D eigenvalue weighted by Crippen LogP contribution is -2.56. The van der Waals surface area contributed by atoms with Crippen LogP contribution in [0.2, 0.25) is 0 Å². The van der Waals surface area contributed by atoms with Crippen molar-refractivity contribution in [3.8, 4) is 11.1 Å². The van der Waals surface area contributed by atoms with Crippen LogP contribution in [0.15, 0.2) is 28.8 Å². The number of urea groups is 1. The fourth-order valence-corrected chi connectivity index (χ4v) is 5.46. The van der Waals surface area contributed by atoms with Gasteiger partial charge in [0.1, 0.15) is 23.7 Å². The van der Waals surface area contributed by atoms with E-state index in [1.54, 1.807) is 0 Å². The summed E-state index contributed by atoms with van der Waals surface area (Å²) >= 11 is 0. The van der Waals surface area contributed by atoms with Crippen LogP contribution in [0.4, 0.5) is 37.0 Å². The van der Waals surface area contributed by atoms with Crippen LogP contribution in [0.25, 0.3) is 22.1 Å². The Morgan fingerprint density at radius 3 is 2.42 bits per heavy atom. The minimum Gasteiger partial charge on any atom is -0.354 e. The summed E-state index contributed by atoms with van der Waals surface area (Å²) in [5.74, 6) is -9.66. The fourth-order valence-electron chi connectivity index (χ4n) is 4.71. The Morgan fingerprint density at radius 1 is 1.11 bits per heavy atom. The molecule has 8 nitrogen and oxygen atoms in total. The summed E-state index contributed by atoms with van der Waals surface area (Å²) in [4.78, 5) is 14.8. The lowest BCUT2D eigenvalue weighted by Gasteiger charge is -2.37. The van der Waals surface area contributed by atoms with E-state index in [1.165, 1.54) is 0 Å². The minimum atomic E-state index is -4.03. The molecule has 0 spiro atoms. The molecule has 0 unspecified atom stereocenters. The first-order chi connectivity index (χ1) is 16.8. The van der Waals surface area contributed by atoms with Crippen molar-refractivity contribution < 1.29 is 44.1 Å². The van der Waals surface area contributed by atoms with Gasteiger partial charge in [-0.2, -0.15) is 0 Å². The smallest absolute Gasteiger partial charge is 0.326 e. The van der Waals surface area contributed by atoms with E-state index in [0.29, 0.717) is 12.3 Å². The second-order valence-electron chi connectivity index (χ2n) is 8.53. The van der Waals surface area contributed by atoms with Crippen LogP contribution in [0.1, 0.15) is 6.42 Å². The van der Waals surface area contributed by atoms with E-state index >= 15 is 0 Å². The summed E-state index contributed by atoms with van der Waals surface area (Å²) in [6, 6.07) is -1.37. The van der Waals surface area contributed by atoms with E-state index in [0.717, 1.165) is 28.0 Å². The minimum absolute atomic E-state index is 0.359. The molecule has 3 aromatic rings. The number of nitrogens with one attached hydrogen (secondary N) is 1. The number of hydrogen-bond acceptors (Lipinski definition) is 5. The van der Waals surface area contributed by atoms with Gasteiger partial charge < -0.3 is 9.42 Å². The van der Waals surface area contributed by atoms with Crippen LogP contribution in [0.3, 0.4) is 0 Å². The van der Waals surface area contributed by atoms with Crippen LogP contribution >= 0.6 is 0 Å². The molecule has 2 saturated heterocycles. The quantitative estimate of drug-likeness (QED) is 0.516. The molecule has 2 amide bonds. The van der Waals surface area contributed by atoms with Crippen LogP contribution in [-0.4, -0.2) is 61.9 Å². The highest BCUT2D eigenvalue weighted by atomic mass is 32.2. The summed E-state index contributed by atoms with van der Waals surface area (Å²) in [7, 11) is -4.03. The van der Waals surface area contributed by atoms with Crippen molar-refractivity contribution >= 4 is 32.8 Å². The summed E-state index contributed by atoms with van der Waals surface area (Å²) in [5.41, 5.74) is -2.27. The first kappa shape index (κ1) is 24.4. The molecule has 15 heteroatoms. The molecular weight excluding hydrogens is 518 g/mol. The molecule has 3 heterocycles. The number of amides is 2. The molecule has 2 fully saturated rings. The van der Waals surface area contributed by atoms with Crippen molar-refractivity contribution in [3.63, 3.8) is 0 Å². The number of carbonyl (C=O) groups is 1. The zero-order valence-electron chi connectivity index (χ0n) is 18.2. The topological polar surface area (TPSA) is 95.8 Å². The molecule has 36 heavy (non-hydrogen) atoms. The molecule has 192 valence electrons. The van der Waals surface area contributed by atoms with Gasteiger partial charge in [-0.05, 0) is 18.6 Å². The van der Waals surface area contributed by atoms with Crippen LogP contribution in [0.5, 0.6) is 0 Å². The summed E-state index contributed by atoms with van der Waals surface area (Å²) < 4.78 is 118. The van der Waals surface area contributed by atoms with Gasteiger partial charge >= 0.3 is 6.03 Å². The van der Waals surface area contributed by atoms with Crippen molar-refractivity contribution in [1.29, 1.82) is 0 Å². The molecule has 1 N–H and O–H groups in total. The van der Waals surface area contributed by atoms with Crippen molar-refractivity contribution in [2.45, 2.75) is 24.4 Å². The maximum absolute atomic E-state index is 15.0. The maximum Gasteiger partial charge on any atom is 0.326 e. The number of hydrogen-bond donors (Lipinski definition) is 1. The highest BCUT2D eigenvalue weighted by Crippen LogP contribution is 2.44. The van der Waals surface area contributed by atoms with E-state index in [4.69, 9.17) is 4.52 Å². The molecule has 0 saturated carbocycles. The first-order valence-electron chi connectivity index (χ1n) is 10.5. The number of nitrogens with zero attached hydrogens (tertiary/aromatic N) is 3. The largest absolute Gasteiger partial charge is 0.354 e. The number of fused-ring (bicyclic) bond motifs is 2. The number of alkyl halides is 2. The Kier molecular flexibility index (Phi) is 5.48. The number of carbonyl (C=O) groups excluding carboxylic acids is 1. The molecule has 2 atom stereocenters. The molecule has 0 bridgehead atoms. The summed E-state index contributed by atoms with van der Waals surface area (Å²) in [5, 5.41) is 3.21. The van der Waals surface area contributed by atoms with Gasteiger partial charge in [0.25, 0.3) is 5.92 Å². The highest BCUT2D eigenvalue weighted by molar-refractivity contribution is 7.88. The van der Waals surface area contributed by atoms with Crippen LogP contribution in [-0.2, 0) is 10.0 Å². The Morgan fingerprint density at radius 2 is 1.78 bits per heavy atom. The zero-order chi connectivity index (χ0) is 26.2. The average molecular weight is 534 g/mol. The number of anilines is 1. The average Bonchev–Trinajstić information content (AvgIpc) is 3.28. The van der Waals surface area contributed by atoms with E-state index < -0.39 is 98.3 Å². The number of aromatic nitrogens is 1. The highest BCUT2D eigenvalue weighted by Gasteiger charge is 2.60. The molecular formula is C21H16F6N4O4S. The van der Waals surface area contributed by atoms with Crippen molar-refractivity contribution in [2.24, 2.45) is 0 Å². The maximum atomic E-state index is 15.0. The van der Waals surface area contributed by atoms with Crippen LogP contribution in [0, 0.1) is 23.3 Å². The van der Waals surface area contributed by atoms with E-state index in [-0.39, 0.29) is 6.42 Å². The van der Waals surface area contributed by atoms with Gasteiger partial charge in [-0.3, -0.25) is 4.90 Å². The van der Waals surface area contributed by atoms with Crippen LogP contribution < -0.4 is 9.62 Å². The fraction of sp³-hybridized carbons (Fsp3) is 0.333. The van der Waals surface area contributed by atoms with Gasteiger partial charge in [0.05, 0.1) is 17.2 Å². The van der Waals surface area contributed by atoms with Gasteiger partial charge in [0.2, 0.25) is 10.0 Å². The molecule has 1 aromatic heterocycles. The Labute approximate surface area is 199 Å². The van der Waals surface area contributed by atoms with E-state index in [9.17, 15) is 39.6 Å². The summed E-state index contributed by atoms with van der Waals surface area (Å²) in [6.45, 7) is -1.09. The molecule has 2 aliphatic heterocycles. The second kappa shape index (κ2) is 8.09. The van der Waals surface area contributed by atoms with E-state index in [2.05, 4.69) is 5.16 Å². The van der Waals surface area contributed by atoms with Crippen molar-refractivity contribution in [1.82, 2.24) is 14.8 Å². The molecule has 2 aromatic carbocycles. The van der Waals surface area contributed by atoms with E-state index in [1.807, 2.05) is 4.72 Å². The molecule has 5 rings (SSSR count). The third-order valence-corrected chi connectivity index (χ3v) is 6.94. The van der Waals surface area contributed by atoms with Crippen molar-refractivity contribution in [3.05, 3.63) is 47.5 Å². The molecule has 0 aliphatic carbocycles. The monoisotopic (exact) mass is 534 g/mol. The number of halogens is 6. The third-order valence-electron chi connectivity index (χ3n) is 6.23. The zero-order valence-corrected chi connectivity index (χ0v) is 19.1. The lowest BCUT2D eigenvalue weighted by molar-refractivity contribution is -0.0448.